The number of carbonyl (C=O) groups is 1. The van der Waals surface area contributed by atoms with Crippen LogP contribution in [0.2, 0.25) is 5.02 Å². The molecule has 15 heavy (non-hydrogen) atoms. The molecule has 0 amide bonds. The van der Waals surface area contributed by atoms with Crippen LogP contribution in [0.15, 0.2) is 36.4 Å². The first-order chi connectivity index (χ1) is 7.28. The molecule has 0 fully saturated rings. The molecule has 1 aromatic heterocycles. The summed E-state index contributed by atoms with van der Waals surface area (Å²) in [6, 6.07) is 11.6. The van der Waals surface area contributed by atoms with Crippen molar-refractivity contribution in [1.82, 2.24) is 0 Å². The first kappa shape index (κ1) is 10.4. The summed E-state index contributed by atoms with van der Waals surface area (Å²) in [5, 5.41) is 0.749. The van der Waals surface area contributed by atoms with Crippen molar-refractivity contribution < 1.29 is 4.79 Å². The zero-order chi connectivity index (χ0) is 10.7. The summed E-state index contributed by atoms with van der Waals surface area (Å²) in [6.45, 7) is 0. The number of hydrogen-bond donors (Lipinski definition) is 0. The molecule has 0 saturated heterocycles. The average molecular weight is 237 g/mol. The second-order valence-corrected chi connectivity index (χ2v) is 4.86. The average Bonchev–Trinajstić information content (AvgIpc) is 2.69. The van der Waals surface area contributed by atoms with Gasteiger partial charge in [-0.2, -0.15) is 0 Å². The second kappa shape index (κ2) is 4.60. The molecule has 3 heteroatoms. The molecule has 1 nitrogen and oxygen atoms in total. The highest BCUT2D eigenvalue weighted by Crippen LogP contribution is 2.19. The van der Waals surface area contributed by atoms with Crippen LogP contribution in [0.5, 0.6) is 0 Å². The van der Waals surface area contributed by atoms with Crippen LogP contribution in [-0.2, 0) is 6.42 Å². The number of benzene rings is 1. The van der Waals surface area contributed by atoms with E-state index in [0.717, 1.165) is 22.6 Å². The van der Waals surface area contributed by atoms with Gasteiger partial charge in [0.05, 0.1) is 4.88 Å². The number of hydrogen-bond acceptors (Lipinski definition) is 2. The third-order valence-electron chi connectivity index (χ3n) is 2.09. The Morgan fingerprint density at radius 2 is 1.87 bits per heavy atom. The van der Waals surface area contributed by atoms with E-state index in [9.17, 15) is 4.79 Å². The lowest BCUT2D eigenvalue weighted by molar-refractivity contribution is 0.112. The van der Waals surface area contributed by atoms with Crippen LogP contribution in [0.25, 0.3) is 0 Å². The van der Waals surface area contributed by atoms with Crippen molar-refractivity contribution in [2.45, 2.75) is 6.42 Å². The van der Waals surface area contributed by atoms with Gasteiger partial charge in [-0.3, -0.25) is 4.79 Å². The van der Waals surface area contributed by atoms with Gasteiger partial charge < -0.3 is 0 Å². The summed E-state index contributed by atoms with van der Waals surface area (Å²) in [5.74, 6) is 0. The maximum absolute atomic E-state index is 10.5. The lowest BCUT2D eigenvalue weighted by atomic mass is 10.1. The molecule has 0 unspecified atom stereocenters. The number of thiophene rings is 1. The zero-order valence-electron chi connectivity index (χ0n) is 7.94. The van der Waals surface area contributed by atoms with Gasteiger partial charge in [-0.05, 0) is 29.8 Å². The molecule has 0 radical (unpaired) electrons. The monoisotopic (exact) mass is 236 g/mol. The molecular weight excluding hydrogens is 228 g/mol. The number of aldehydes is 1. The van der Waals surface area contributed by atoms with Gasteiger partial charge in [-0.1, -0.05) is 23.7 Å². The van der Waals surface area contributed by atoms with E-state index in [1.165, 1.54) is 21.8 Å². The van der Waals surface area contributed by atoms with Crippen molar-refractivity contribution in [3.05, 3.63) is 56.7 Å². The standard InChI is InChI=1S/C12H9ClOS/c13-10-3-1-9(2-4-10)7-11-5-6-12(8-14)15-11/h1-6,8H,7H2. The minimum Gasteiger partial charge on any atom is -0.297 e. The fraction of sp³-hybridized carbons (Fsp3) is 0.0833. The normalized spacial score (nSPS) is 10.2. The quantitative estimate of drug-likeness (QED) is 0.741. The molecule has 2 rings (SSSR count). The predicted molar refractivity (Wildman–Crippen MR) is 64.0 cm³/mol. The first-order valence-electron chi connectivity index (χ1n) is 4.56. The highest BCUT2D eigenvalue weighted by Gasteiger charge is 2.00. The summed E-state index contributed by atoms with van der Waals surface area (Å²) in [7, 11) is 0. The zero-order valence-corrected chi connectivity index (χ0v) is 9.52. The molecule has 0 aliphatic carbocycles. The minimum absolute atomic E-state index is 0.749. The third-order valence-corrected chi connectivity index (χ3v) is 3.35. The van der Waals surface area contributed by atoms with Crippen molar-refractivity contribution in [3.8, 4) is 0 Å². The highest BCUT2D eigenvalue weighted by atomic mass is 35.5. The molecule has 0 N–H and O–H groups in total. The van der Waals surface area contributed by atoms with Crippen molar-refractivity contribution >= 4 is 29.2 Å². The molecule has 0 aliphatic rings. The van der Waals surface area contributed by atoms with Gasteiger partial charge in [0.1, 0.15) is 0 Å². The smallest absolute Gasteiger partial charge is 0.160 e. The molecule has 0 atom stereocenters. The first-order valence-corrected chi connectivity index (χ1v) is 5.76. The van der Waals surface area contributed by atoms with Crippen LogP contribution >= 0.6 is 22.9 Å². The maximum atomic E-state index is 10.5. The van der Waals surface area contributed by atoms with Crippen LogP contribution in [0.4, 0.5) is 0 Å². The number of halogens is 1. The Kier molecular flexibility index (Phi) is 3.19. The van der Waals surface area contributed by atoms with E-state index in [4.69, 9.17) is 11.6 Å². The van der Waals surface area contributed by atoms with Crippen molar-refractivity contribution in [2.24, 2.45) is 0 Å². The Morgan fingerprint density at radius 3 is 2.47 bits per heavy atom. The Balaban J connectivity index is 2.14. The molecule has 1 heterocycles. The Morgan fingerprint density at radius 1 is 1.13 bits per heavy atom. The third kappa shape index (κ3) is 2.67. The summed E-state index contributed by atoms with van der Waals surface area (Å²) in [4.78, 5) is 12.5. The van der Waals surface area contributed by atoms with Crippen LogP contribution in [-0.4, -0.2) is 6.29 Å². The molecule has 0 bridgehead atoms. The molecule has 1 aromatic carbocycles. The summed E-state index contributed by atoms with van der Waals surface area (Å²) >= 11 is 7.33. The maximum Gasteiger partial charge on any atom is 0.160 e. The topological polar surface area (TPSA) is 17.1 Å². The summed E-state index contributed by atoms with van der Waals surface area (Å²) in [5.41, 5.74) is 1.21. The van der Waals surface area contributed by atoms with E-state index in [2.05, 4.69) is 0 Å². The molecule has 76 valence electrons. The second-order valence-electron chi connectivity index (χ2n) is 3.23. The van der Waals surface area contributed by atoms with Crippen LogP contribution < -0.4 is 0 Å². The van der Waals surface area contributed by atoms with Gasteiger partial charge in [0.15, 0.2) is 6.29 Å². The predicted octanol–water partition coefficient (Wildman–Crippen LogP) is 3.80. The highest BCUT2D eigenvalue weighted by molar-refractivity contribution is 7.13. The lowest BCUT2D eigenvalue weighted by Crippen LogP contribution is -1.82. The summed E-state index contributed by atoms with van der Waals surface area (Å²) in [6.07, 6.45) is 1.74. The van der Waals surface area contributed by atoms with E-state index in [0.29, 0.717) is 0 Å². The lowest BCUT2D eigenvalue weighted by Gasteiger charge is -1.98. The molecule has 2 aromatic rings. The van der Waals surface area contributed by atoms with Gasteiger partial charge in [0.2, 0.25) is 0 Å². The minimum atomic E-state index is 0.749. The number of rotatable bonds is 3. The van der Waals surface area contributed by atoms with E-state index in [1.807, 2.05) is 36.4 Å². The fourth-order valence-corrected chi connectivity index (χ4v) is 2.34. The van der Waals surface area contributed by atoms with E-state index >= 15 is 0 Å². The molecule has 0 spiro atoms. The van der Waals surface area contributed by atoms with E-state index < -0.39 is 0 Å². The van der Waals surface area contributed by atoms with Gasteiger partial charge >= 0.3 is 0 Å². The van der Waals surface area contributed by atoms with Gasteiger partial charge in [-0.15, -0.1) is 11.3 Å². The van der Waals surface area contributed by atoms with Crippen LogP contribution in [0.3, 0.4) is 0 Å². The molecule has 0 saturated carbocycles. The van der Waals surface area contributed by atoms with Crippen LogP contribution in [0.1, 0.15) is 20.1 Å². The SMILES string of the molecule is O=Cc1ccc(Cc2ccc(Cl)cc2)s1. The van der Waals surface area contributed by atoms with Crippen LogP contribution in [0, 0.1) is 0 Å². The molecule has 0 aliphatic heterocycles. The Labute approximate surface area is 97.3 Å². The van der Waals surface area contributed by atoms with Crippen molar-refractivity contribution in [1.29, 1.82) is 0 Å². The van der Waals surface area contributed by atoms with Gasteiger partial charge in [-0.25, -0.2) is 0 Å². The largest absolute Gasteiger partial charge is 0.297 e. The summed E-state index contributed by atoms with van der Waals surface area (Å²) < 4.78 is 0. The van der Waals surface area contributed by atoms with E-state index in [-0.39, 0.29) is 0 Å². The Hall–Kier alpha value is -1.12. The van der Waals surface area contributed by atoms with E-state index in [1.54, 1.807) is 0 Å². The van der Waals surface area contributed by atoms with Gasteiger partial charge in [0.25, 0.3) is 0 Å². The molecular formula is C12H9ClOS. The Bertz CT molecular complexity index is 459. The van der Waals surface area contributed by atoms with Crippen molar-refractivity contribution in [3.63, 3.8) is 0 Å². The number of carbonyl (C=O) groups excluding carboxylic acids is 1. The fourth-order valence-electron chi connectivity index (χ4n) is 1.36. The van der Waals surface area contributed by atoms with Crippen molar-refractivity contribution in [2.75, 3.05) is 0 Å². The van der Waals surface area contributed by atoms with Gasteiger partial charge in [0, 0.05) is 16.3 Å².